The molecule has 0 saturated heterocycles. The summed E-state index contributed by atoms with van der Waals surface area (Å²) in [7, 11) is 0. The zero-order chi connectivity index (χ0) is 13.8. The fourth-order valence-electron chi connectivity index (χ4n) is 2.55. The number of ether oxygens (including phenoxy) is 1. The normalized spacial score (nSPS) is 16.6. The Morgan fingerprint density at radius 3 is 3.05 bits per heavy atom. The Labute approximate surface area is 122 Å². The van der Waals surface area contributed by atoms with E-state index >= 15 is 0 Å². The number of nitrogens with one attached hydrogen (secondary N) is 1. The summed E-state index contributed by atoms with van der Waals surface area (Å²) in [5.74, 6) is 1.28. The van der Waals surface area contributed by atoms with Crippen LogP contribution in [0.25, 0.3) is 5.78 Å². The van der Waals surface area contributed by atoms with E-state index in [1.54, 1.807) is 10.6 Å². The molecule has 2 aromatic rings. The zero-order valence-electron chi connectivity index (χ0n) is 11.3. The summed E-state index contributed by atoms with van der Waals surface area (Å²) >= 11 is 5.95. The molecule has 3 rings (SSSR count). The average molecular weight is 296 g/mol. The van der Waals surface area contributed by atoms with Gasteiger partial charge in [-0.05, 0) is 12.8 Å². The molecule has 0 spiro atoms. The molecule has 0 aliphatic heterocycles. The van der Waals surface area contributed by atoms with E-state index in [9.17, 15) is 0 Å². The Kier molecular flexibility index (Phi) is 4.32. The van der Waals surface area contributed by atoms with Crippen molar-refractivity contribution < 1.29 is 4.74 Å². The van der Waals surface area contributed by atoms with Gasteiger partial charge in [-0.25, -0.2) is 0 Å². The van der Waals surface area contributed by atoms with Crippen LogP contribution in [0.15, 0.2) is 12.4 Å². The molecule has 20 heavy (non-hydrogen) atoms. The highest BCUT2D eigenvalue weighted by molar-refractivity contribution is 6.29. The number of hydrogen-bond acceptors (Lipinski definition) is 5. The number of rotatable bonds is 5. The van der Waals surface area contributed by atoms with Gasteiger partial charge in [0.15, 0.2) is 0 Å². The van der Waals surface area contributed by atoms with Crippen LogP contribution in [0, 0.1) is 0 Å². The molecule has 1 aliphatic carbocycles. The predicted molar refractivity (Wildman–Crippen MR) is 77.1 cm³/mol. The number of anilines is 1. The van der Waals surface area contributed by atoms with Gasteiger partial charge in [0, 0.05) is 12.6 Å². The second-order valence-electron chi connectivity index (χ2n) is 4.99. The lowest BCUT2D eigenvalue weighted by Crippen LogP contribution is -2.21. The summed E-state index contributed by atoms with van der Waals surface area (Å²) < 4.78 is 7.50. The number of halogens is 1. The molecule has 6 nitrogen and oxygen atoms in total. The van der Waals surface area contributed by atoms with Gasteiger partial charge < -0.3 is 10.1 Å². The summed E-state index contributed by atoms with van der Waals surface area (Å²) in [6.45, 7) is 1.40. The second-order valence-corrected chi connectivity index (χ2v) is 5.38. The second kappa shape index (κ2) is 6.37. The minimum atomic E-state index is 0.404. The molecule has 0 amide bonds. The molecule has 1 N–H and O–H groups in total. The SMILES string of the molecule is Clc1cc(NCCOC2CCCCC2)n2ncnc2n1. The number of hydrogen-bond donors (Lipinski definition) is 1. The largest absolute Gasteiger partial charge is 0.376 e. The standard InChI is InChI=1S/C13H18ClN5O/c14-11-8-12(19-13(18-11)16-9-17-19)15-6-7-20-10-4-2-1-3-5-10/h8-10,15H,1-7H2. The molecule has 1 saturated carbocycles. The van der Waals surface area contributed by atoms with Crippen LogP contribution in [-0.2, 0) is 4.74 Å². The van der Waals surface area contributed by atoms with E-state index in [1.165, 1.54) is 38.4 Å². The van der Waals surface area contributed by atoms with Crippen molar-refractivity contribution in [1.82, 2.24) is 19.6 Å². The highest BCUT2D eigenvalue weighted by atomic mass is 35.5. The van der Waals surface area contributed by atoms with Crippen molar-refractivity contribution in [3.8, 4) is 0 Å². The minimum absolute atomic E-state index is 0.404. The maximum Gasteiger partial charge on any atom is 0.255 e. The third kappa shape index (κ3) is 3.19. The Hall–Kier alpha value is -1.40. The Bertz CT molecular complexity index is 567. The van der Waals surface area contributed by atoms with Crippen LogP contribution >= 0.6 is 11.6 Å². The fourth-order valence-corrected chi connectivity index (χ4v) is 2.72. The van der Waals surface area contributed by atoms with E-state index < -0.39 is 0 Å². The Morgan fingerprint density at radius 2 is 2.20 bits per heavy atom. The molecule has 108 valence electrons. The molecular weight excluding hydrogens is 278 g/mol. The molecule has 0 aromatic carbocycles. The lowest BCUT2D eigenvalue weighted by atomic mass is 9.98. The van der Waals surface area contributed by atoms with Gasteiger partial charge in [-0.3, -0.25) is 0 Å². The van der Waals surface area contributed by atoms with Crippen molar-refractivity contribution in [2.24, 2.45) is 0 Å². The number of fused-ring (bicyclic) bond motifs is 1. The maximum atomic E-state index is 5.95. The fraction of sp³-hybridized carbons (Fsp3) is 0.615. The molecule has 2 heterocycles. The molecule has 0 bridgehead atoms. The van der Waals surface area contributed by atoms with Gasteiger partial charge >= 0.3 is 0 Å². The molecule has 1 aliphatic rings. The van der Waals surface area contributed by atoms with Gasteiger partial charge in [0.25, 0.3) is 5.78 Å². The molecular formula is C13H18ClN5O. The molecule has 1 fully saturated rings. The summed E-state index contributed by atoms with van der Waals surface area (Å²) in [5, 5.41) is 7.78. The topological polar surface area (TPSA) is 64.3 Å². The highest BCUT2D eigenvalue weighted by Gasteiger charge is 2.13. The molecule has 0 atom stereocenters. The van der Waals surface area contributed by atoms with Crippen LogP contribution in [0.2, 0.25) is 5.15 Å². The first kappa shape index (κ1) is 13.6. The summed E-state index contributed by atoms with van der Waals surface area (Å²) in [6, 6.07) is 1.74. The van der Waals surface area contributed by atoms with E-state index in [0.717, 1.165) is 5.82 Å². The van der Waals surface area contributed by atoms with E-state index in [0.29, 0.717) is 30.2 Å². The van der Waals surface area contributed by atoms with Crippen LogP contribution in [0.1, 0.15) is 32.1 Å². The molecule has 7 heteroatoms. The molecule has 2 aromatic heterocycles. The summed E-state index contributed by atoms with van der Waals surface area (Å²) in [4.78, 5) is 8.11. The lowest BCUT2D eigenvalue weighted by Gasteiger charge is -2.22. The van der Waals surface area contributed by atoms with Crippen molar-refractivity contribution in [3.05, 3.63) is 17.5 Å². The minimum Gasteiger partial charge on any atom is -0.376 e. The predicted octanol–water partition coefficient (Wildman–Crippen LogP) is 2.54. The molecule has 0 unspecified atom stereocenters. The summed E-state index contributed by atoms with van der Waals surface area (Å²) in [6.07, 6.45) is 8.19. The van der Waals surface area contributed by atoms with E-state index in [4.69, 9.17) is 16.3 Å². The number of nitrogens with zero attached hydrogens (tertiary/aromatic N) is 4. The zero-order valence-corrected chi connectivity index (χ0v) is 12.0. The van der Waals surface area contributed by atoms with Gasteiger partial charge in [-0.15, -0.1) is 0 Å². The van der Waals surface area contributed by atoms with Crippen LogP contribution in [0.4, 0.5) is 5.82 Å². The van der Waals surface area contributed by atoms with Crippen molar-refractivity contribution in [2.45, 2.75) is 38.2 Å². The maximum absolute atomic E-state index is 5.95. The first-order chi connectivity index (χ1) is 9.83. The number of aromatic nitrogens is 4. The van der Waals surface area contributed by atoms with E-state index in [-0.39, 0.29) is 0 Å². The monoisotopic (exact) mass is 295 g/mol. The van der Waals surface area contributed by atoms with Gasteiger partial charge in [-0.1, -0.05) is 30.9 Å². The quantitative estimate of drug-likeness (QED) is 0.678. The van der Waals surface area contributed by atoms with Gasteiger partial charge in [0.1, 0.15) is 17.3 Å². The first-order valence-corrected chi connectivity index (χ1v) is 7.42. The van der Waals surface area contributed by atoms with Crippen molar-refractivity contribution in [2.75, 3.05) is 18.5 Å². The smallest absolute Gasteiger partial charge is 0.255 e. The van der Waals surface area contributed by atoms with Gasteiger partial charge in [-0.2, -0.15) is 19.6 Å². The third-order valence-electron chi connectivity index (χ3n) is 3.53. The Morgan fingerprint density at radius 1 is 1.35 bits per heavy atom. The third-order valence-corrected chi connectivity index (χ3v) is 3.73. The first-order valence-electron chi connectivity index (χ1n) is 7.05. The highest BCUT2D eigenvalue weighted by Crippen LogP contribution is 2.20. The van der Waals surface area contributed by atoms with Crippen LogP contribution in [0.3, 0.4) is 0 Å². The summed E-state index contributed by atoms with van der Waals surface area (Å²) in [5.41, 5.74) is 0. The van der Waals surface area contributed by atoms with E-state index in [2.05, 4.69) is 20.4 Å². The van der Waals surface area contributed by atoms with Crippen molar-refractivity contribution in [1.29, 1.82) is 0 Å². The van der Waals surface area contributed by atoms with E-state index in [1.807, 2.05) is 0 Å². The van der Waals surface area contributed by atoms with Gasteiger partial charge in [0.05, 0.1) is 12.7 Å². The van der Waals surface area contributed by atoms with Crippen LogP contribution in [-0.4, -0.2) is 38.8 Å². The Balaban J connectivity index is 1.53. The van der Waals surface area contributed by atoms with Crippen molar-refractivity contribution in [3.63, 3.8) is 0 Å². The van der Waals surface area contributed by atoms with Crippen molar-refractivity contribution >= 4 is 23.2 Å². The van der Waals surface area contributed by atoms with Gasteiger partial charge in [0.2, 0.25) is 0 Å². The van der Waals surface area contributed by atoms with Crippen LogP contribution < -0.4 is 5.32 Å². The van der Waals surface area contributed by atoms with Crippen LogP contribution in [0.5, 0.6) is 0 Å². The lowest BCUT2D eigenvalue weighted by molar-refractivity contribution is 0.0347. The average Bonchev–Trinajstić information content (AvgIpc) is 2.92. The molecule has 0 radical (unpaired) electrons.